The minimum absolute atomic E-state index is 0.0878. The van der Waals surface area contributed by atoms with E-state index in [1.54, 1.807) is 0 Å². The molecular weight excluding hydrogens is 212 g/mol. The van der Waals surface area contributed by atoms with E-state index in [0.29, 0.717) is 18.9 Å². The Morgan fingerprint density at radius 2 is 2.00 bits per heavy atom. The van der Waals surface area contributed by atoms with Crippen LogP contribution in [0.2, 0.25) is 0 Å². The zero-order valence-electron chi connectivity index (χ0n) is 9.53. The van der Waals surface area contributed by atoms with Crippen LogP contribution in [0.25, 0.3) is 0 Å². The van der Waals surface area contributed by atoms with Gasteiger partial charge in [-0.15, -0.1) is 0 Å². The lowest BCUT2D eigenvalue weighted by molar-refractivity contribution is -0.140. The summed E-state index contributed by atoms with van der Waals surface area (Å²) >= 11 is 0. The third-order valence-corrected chi connectivity index (χ3v) is 1.93. The van der Waals surface area contributed by atoms with Gasteiger partial charge in [-0.05, 0) is 12.3 Å². The summed E-state index contributed by atoms with van der Waals surface area (Å²) in [7, 11) is 0. The molecule has 0 radical (unpaired) electrons. The van der Waals surface area contributed by atoms with E-state index in [-0.39, 0.29) is 18.7 Å². The molecule has 0 aliphatic heterocycles. The van der Waals surface area contributed by atoms with Crippen molar-refractivity contribution in [1.29, 1.82) is 0 Å². The van der Waals surface area contributed by atoms with Gasteiger partial charge in [0.25, 0.3) is 0 Å². The van der Waals surface area contributed by atoms with Crippen LogP contribution in [0.5, 0.6) is 0 Å². The number of carbonyl (C=O) groups excluding carboxylic acids is 2. The largest absolute Gasteiger partial charge is 0.480 e. The standard InChI is InChI=1S/C10H18N2O4/c1-7(2)5-11-9(14)4-3-8(10(15)16)12-6-13/h6-8H,3-5H2,1-2H3,(H,11,14)(H,12,13)(H,15,16). The number of amides is 2. The Kier molecular flexibility index (Phi) is 6.91. The number of carbonyl (C=O) groups is 3. The van der Waals surface area contributed by atoms with Gasteiger partial charge < -0.3 is 15.7 Å². The molecule has 0 aromatic rings. The lowest BCUT2D eigenvalue weighted by Gasteiger charge is -2.11. The summed E-state index contributed by atoms with van der Waals surface area (Å²) in [6, 6.07) is -0.998. The van der Waals surface area contributed by atoms with Crippen molar-refractivity contribution in [3.05, 3.63) is 0 Å². The van der Waals surface area contributed by atoms with Crippen LogP contribution in [-0.2, 0) is 14.4 Å². The predicted octanol–water partition coefficient (Wildman–Crippen LogP) is -0.262. The second-order valence-corrected chi connectivity index (χ2v) is 3.91. The molecule has 0 saturated carbocycles. The fourth-order valence-electron chi connectivity index (χ4n) is 1.04. The summed E-state index contributed by atoms with van der Waals surface area (Å²) < 4.78 is 0. The van der Waals surface area contributed by atoms with Crippen molar-refractivity contribution in [1.82, 2.24) is 10.6 Å². The van der Waals surface area contributed by atoms with Gasteiger partial charge in [0.15, 0.2) is 0 Å². The number of hydrogen-bond acceptors (Lipinski definition) is 3. The first kappa shape index (κ1) is 14.4. The molecule has 0 aliphatic rings. The maximum atomic E-state index is 11.3. The van der Waals surface area contributed by atoms with E-state index in [1.165, 1.54) is 0 Å². The quantitative estimate of drug-likeness (QED) is 0.500. The van der Waals surface area contributed by atoms with Crippen LogP contribution in [0.15, 0.2) is 0 Å². The first-order valence-electron chi connectivity index (χ1n) is 5.16. The SMILES string of the molecule is CC(C)CNC(=O)CCC(NC=O)C(=O)O. The Bertz CT molecular complexity index is 253. The number of aliphatic carboxylic acids is 1. The average molecular weight is 230 g/mol. The summed E-state index contributed by atoms with van der Waals surface area (Å²) in [6.45, 7) is 4.50. The lowest BCUT2D eigenvalue weighted by Crippen LogP contribution is -2.37. The van der Waals surface area contributed by atoms with Gasteiger partial charge in [0.1, 0.15) is 6.04 Å². The summed E-state index contributed by atoms with van der Waals surface area (Å²) in [5, 5.41) is 13.5. The lowest BCUT2D eigenvalue weighted by atomic mass is 10.1. The summed E-state index contributed by atoms with van der Waals surface area (Å²) in [5.41, 5.74) is 0. The zero-order chi connectivity index (χ0) is 12.6. The molecule has 0 bridgehead atoms. The monoisotopic (exact) mass is 230 g/mol. The molecule has 0 rings (SSSR count). The molecule has 2 amide bonds. The first-order valence-corrected chi connectivity index (χ1v) is 5.16. The highest BCUT2D eigenvalue weighted by molar-refractivity contribution is 5.79. The van der Waals surface area contributed by atoms with Crippen molar-refractivity contribution in [2.75, 3.05) is 6.54 Å². The number of hydrogen-bond donors (Lipinski definition) is 3. The second-order valence-electron chi connectivity index (χ2n) is 3.91. The van der Waals surface area contributed by atoms with Crippen molar-refractivity contribution >= 4 is 18.3 Å². The topological polar surface area (TPSA) is 95.5 Å². The molecule has 0 heterocycles. The minimum Gasteiger partial charge on any atom is -0.480 e. The van der Waals surface area contributed by atoms with Gasteiger partial charge in [0.2, 0.25) is 12.3 Å². The van der Waals surface area contributed by atoms with E-state index < -0.39 is 12.0 Å². The van der Waals surface area contributed by atoms with Gasteiger partial charge in [-0.2, -0.15) is 0 Å². The molecule has 0 aromatic heterocycles. The Labute approximate surface area is 94.4 Å². The summed E-state index contributed by atoms with van der Waals surface area (Å²) in [5.74, 6) is -0.983. The highest BCUT2D eigenvalue weighted by atomic mass is 16.4. The maximum Gasteiger partial charge on any atom is 0.326 e. The fourth-order valence-corrected chi connectivity index (χ4v) is 1.04. The Morgan fingerprint density at radius 3 is 2.44 bits per heavy atom. The van der Waals surface area contributed by atoms with E-state index in [2.05, 4.69) is 10.6 Å². The first-order chi connectivity index (χ1) is 7.47. The second kappa shape index (κ2) is 7.67. The predicted molar refractivity (Wildman–Crippen MR) is 57.7 cm³/mol. The van der Waals surface area contributed by atoms with Crippen molar-refractivity contribution in [2.45, 2.75) is 32.7 Å². The van der Waals surface area contributed by atoms with Crippen LogP contribution in [0.3, 0.4) is 0 Å². The molecule has 3 N–H and O–H groups in total. The van der Waals surface area contributed by atoms with Gasteiger partial charge in [-0.25, -0.2) is 4.79 Å². The number of carboxylic acids is 1. The van der Waals surface area contributed by atoms with Crippen LogP contribution in [0.4, 0.5) is 0 Å². The van der Waals surface area contributed by atoms with Gasteiger partial charge >= 0.3 is 5.97 Å². The van der Waals surface area contributed by atoms with Crippen molar-refractivity contribution in [2.24, 2.45) is 5.92 Å². The zero-order valence-corrected chi connectivity index (χ0v) is 9.53. The fraction of sp³-hybridized carbons (Fsp3) is 0.700. The van der Waals surface area contributed by atoms with Gasteiger partial charge in [-0.1, -0.05) is 13.8 Å². The molecule has 6 heteroatoms. The molecule has 0 fully saturated rings. The average Bonchev–Trinajstić information content (AvgIpc) is 2.20. The molecule has 16 heavy (non-hydrogen) atoms. The minimum atomic E-state index is -1.14. The molecule has 0 spiro atoms. The third kappa shape index (κ3) is 6.80. The van der Waals surface area contributed by atoms with Crippen LogP contribution in [0.1, 0.15) is 26.7 Å². The highest BCUT2D eigenvalue weighted by Crippen LogP contribution is 1.98. The number of nitrogens with one attached hydrogen (secondary N) is 2. The van der Waals surface area contributed by atoms with Gasteiger partial charge in [-0.3, -0.25) is 9.59 Å². The van der Waals surface area contributed by atoms with Gasteiger partial charge in [0.05, 0.1) is 0 Å². The Morgan fingerprint density at radius 1 is 1.38 bits per heavy atom. The third-order valence-electron chi connectivity index (χ3n) is 1.93. The smallest absolute Gasteiger partial charge is 0.326 e. The van der Waals surface area contributed by atoms with E-state index in [9.17, 15) is 14.4 Å². The molecule has 92 valence electrons. The molecule has 0 aliphatic carbocycles. The van der Waals surface area contributed by atoms with Crippen LogP contribution < -0.4 is 10.6 Å². The Balaban J connectivity index is 3.87. The summed E-state index contributed by atoms with van der Waals surface area (Å²) in [4.78, 5) is 32.0. The van der Waals surface area contributed by atoms with Crippen LogP contribution in [-0.4, -0.2) is 36.0 Å². The molecule has 0 aromatic carbocycles. The number of rotatable bonds is 8. The maximum absolute atomic E-state index is 11.3. The summed E-state index contributed by atoms with van der Waals surface area (Å²) in [6.07, 6.45) is 0.507. The molecule has 6 nitrogen and oxygen atoms in total. The van der Waals surface area contributed by atoms with Crippen LogP contribution >= 0.6 is 0 Å². The molecule has 0 saturated heterocycles. The molecule has 1 unspecified atom stereocenters. The van der Waals surface area contributed by atoms with E-state index in [1.807, 2.05) is 13.8 Å². The number of carboxylic acid groups (broad SMARTS) is 1. The van der Waals surface area contributed by atoms with Crippen molar-refractivity contribution in [3.8, 4) is 0 Å². The van der Waals surface area contributed by atoms with Crippen LogP contribution in [0, 0.1) is 5.92 Å². The van der Waals surface area contributed by atoms with E-state index in [4.69, 9.17) is 5.11 Å². The highest BCUT2D eigenvalue weighted by Gasteiger charge is 2.17. The Hall–Kier alpha value is -1.59. The molecular formula is C10H18N2O4. The van der Waals surface area contributed by atoms with Gasteiger partial charge in [0, 0.05) is 13.0 Å². The van der Waals surface area contributed by atoms with Crippen molar-refractivity contribution in [3.63, 3.8) is 0 Å². The molecule has 1 atom stereocenters. The van der Waals surface area contributed by atoms with Crippen molar-refractivity contribution < 1.29 is 19.5 Å². The van der Waals surface area contributed by atoms with E-state index >= 15 is 0 Å². The van der Waals surface area contributed by atoms with E-state index in [0.717, 1.165) is 0 Å². The normalized spacial score (nSPS) is 11.9.